The van der Waals surface area contributed by atoms with E-state index in [1.54, 1.807) is 6.33 Å². The zero-order chi connectivity index (χ0) is 16.4. The number of rotatable bonds is 3. The number of hydrogen-bond acceptors (Lipinski definition) is 7. The van der Waals surface area contributed by atoms with Gasteiger partial charge < -0.3 is 4.90 Å². The lowest BCUT2D eigenvalue weighted by molar-refractivity contribution is 0.840. The number of fused-ring (bicyclic) bond motifs is 1. The molecule has 0 amide bonds. The van der Waals surface area contributed by atoms with Crippen molar-refractivity contribution in [3.63, 3.8) is 0 Å². The molecule has 0 saturated carbocycles. The smallest absolute Gasteiger partial charge is 0.158 e. The first kappa shape index (κ1) is 15.7. The number of benzene rings is 1. The lowest BCUT2D eigenvalue weighted by atomic mass is 10.1. The summed E-state index contributed by atoms with van der Waals surface area (Å²) in [6.45, 7) is 2.00. The largest absolute Gasteiger partial charge is 0.353 e. The van der Waals surface area contributed by atoms with Crippen LogP contribution in [0.4, 0.5) is 5.82 Å². The van der Waals surface area contributed by atoms with E-state index in [-0.39, 0.29) is 0 Å². The number of nitrogens with two attached hydrogens (primary N) is 1. The summed E-state index contributed by atoms with van der Waals surface area (Å²) in [7, 11) is 0. The molecule has 2 N–H and O–H groups in total. The molecule has 1 aromatic carbocycles. The Kier molecular flexibility index (Phi) is 4.55. The Morgan fingerprint density at radius 3 is 2.79 bits per heavy atom. The fourth-order valence-electron chi connectivity index (χ4n) is 2.82. The predicted molar refractivity (Wildman–Crippen MR) is 102 cm³/mol. The van der Waals surface area contributed by atoms with E-state index in [1.807, 2.05) is 36.0 Å². The molecule has 0 radical (unpaired) electrons. The highest BCUT2D eigenvalue weighted by atomic mass is 32.2. The van der Waals surface area contributed by atoms with E-state index in [2.05, 4.69) is 27.0 Å². The zero-order valence-electron chi connectivity index (χ0n) is 13.1. The maximum Gasteiger partial charge on any atom is 0.158 e. The van der Waals surface area contributed by atoms with Crippen LogP contribution in [0.2, 0.25) is 0 Å². The molecular weight excluding hydrogens is 338 g/mol. The normalized spacial score (nSPS) is 15.0. The molecule has 0 unspecified atom stereocenters. The van der Waals surface area contributed by atoms with Crippen LogP contribution in [0.3, 0.4) is 0 Å². The summed E-state index contributed by atoms with van der Waals surface area (Å²) in [6.07, 6.45) is 1.63. The van der Waals surface area contributed by atoms with Crippen molar-refractivity contribution >= 4 is 40.6 Å². The van der Waals surface area contributed by atoms with Crippen molar-refractivity contribution in [3.05, 3.63) is 42.7 Å². The molecule has 1 fully saturated rings. The fourth-order valence-corrected chi connectivity index (χ4v) is 4.08. The fraction of sp³-hybridized carbons (Fsp3) is 0.235. The molecule has 1 aliphatic heterocycles. The van der Waals surface area contributed by atoms with Gasteiger partial charge in [0.15, 0.2) is 5.82 Å². The molecule has 0 bridgehead atoms. The highest BCUT2D eigenvalue weighted by Crippen LogP contribution is 2.28. The number of nitrogens with zero attached hydrogens (tertiary/aromatic N) is 4. The minimum Gasteiger partial charge on any atom is -0.353 e. The maximum atomic E-state index is 5.68. The monoisotopic (exact) mass is 355 g/mol. The van der Waals surface area contributed by atoms with Gasteiger partial charge in [-0.3, -0.25) is 5.14 Å². The Morgan fingerprint density at radius 1 is 1.08 bits per heavy atom. The van der Waals surface area contributed by atoms with Gasteiger partial charge in [-0.05, 0) is 36.2 Å². The summed E-state index contributed by atoms with van der Waals surface area (Å²) in [5.41, 5.74) is 3.72. The van der Waals surface area contributed by atoms with E-state index in [1.165, 1.54) is 11.9 Å². The van der Waals surface area contributed by atoms with Gasteiger partial charge in [0.2, 0.25) is 0 Å². The van der Waals surface area contributed by atoms with Crippen LogP contribution in [0.15, 0.2) is 47.6 Å². The molecule has 1 saturated heterocycles. The van der Waals surface area contributed by atoms with Crippen molar-refractivity contribution in [2.24, 2.45) is 5.14 Å². The number of hydrogen-bond donors (Lipinski definition) is 1. The van der Waals surface area contributed by atoms with E-state index in [0.717, 1.165) is 57.6 Å². The summed E-state index contributed by atoms with van der Waals surface area (Å²) < 4.78 is 0. The van der Waals surface area contributed by atoms with Crippen molar-refractivity contribution in [1.82, 2.24) is 15.0 Å². The summed E-state index contributed by atoms with van der Waals surface area (Å²) in [4.78, 5) is 17.1. The molecule has 24 heavy (non-hydrogen) atoms. The number of aromatic nitrogens is 3. The molecule has 3 aromatic rings. The molecule has 0 aliphatic carbocycles. The van der Waals surface area contributed by atoms with Crippen molar-refractivity contribution in [1.29, 1.82) is 0 Å². The van der Waals surface area contributed by atoms with Crippen molar-refractivity contribution in [2.45, 2.75) is 4.90 Å². The van der Waals surface area contributed by atoms with E-state index in [9.17, 15) is 0 Å². The maximum absolute atomic E-state index is 5.68. The molecular formula is C17H17N5S2. The van der Waals surface area contributed by atoms with Crippen LogP contribution < -0.4 is 10.0 Å². The Labute approximate surface area is 149 Å². The van der Waals surface area contributed by atoms with Crippen LogP contribution in [-0.2, 0) is 0 Å². The second-order valence-electron chi connectivity index (χ2n) is 5.51. The average Bonchev–Trinajstić information content (AvgIpc) is 2.68. The van der Waals surface area contributed by atoms with Gasteiger partial charge in [-0.1, -0.05) is 12.1 Å². The lowest BCUT2D eigenvalue weighted by Crippen LogP contribution is -2.33. The van der Waals surface area contributed by atoms with Gasteiger partial charge in [0, 0.05) is 35.1 Å². The molecule has 2 aromatic heterocycles. The van der Waals surface area contributed by atoms with Crippen LogP contribution >= 0.6 is 23.7 Å². The highest BCUT2D eigenvalue weighted by Gasteiger charge is 2.17. The molecule has 7 heteroatoms. The van der Waals surface area contributed by atoms with Crippen LogP contribution in [0.5, 0.6) is 0 Å². The molecule has 0 spiro atoms. The number of anilines is 1. The number of pyridine rings is 1. The zero-order valence-corrected chi connectivity index (χ0v) is 14.7. The van der Waals surface area contributed by atoms with E-state index >= 15 is 0 Å². The minimum absolute atomic E-state index is 0.868. The van der Waals surface area contributed by atoms with Gasteiger partial charge in [0.25, 0.3) is 0 Å². The van der Waals surface area contributed by atoms with Crippen LogP contribution in [-0.4, -0.2) is 39.5 Å². The summed E-state index contributed by atoms with van der Waals surface area (Å²) >= 11 is 3.23. The average molecular weight is 355 g/mol. The first-order chi connectivity index (χ1) is 11.8. The van der Waals surface area contributed by atoms with E-state index in [0.29, 0.717) is 0 Å². The topological polar surface area (TPSA) is 67.9 Å². The van der Waals surface area contributed by atoms with Crippen molar-refractivity contribution in [2.75, 3.05) is 29.5 Å². The SMILES string of the molecule is NSc1cccc(-c2ccc3ncnc(N4CCSCC4)c3n2)c1. The Morgan fingerprint density at radius 2 is 1.96 bits per heavy atom. The highest BCUT2D eigenvalue weighted by molar-refractivity contribution is 7.99. The summed E-state index contributed by atoms with van der Waals surface area (Å²) in [5, 5.41) is 5.68. The molecule has 122 valence electrons. The predicted octanol–water partition coefficient (Wildman–Crippen LogP) is 3.21. The first-order valence-electron chi connectivity index (χ1n) is 7.77. The summed E-state index contributed by atoms with van der Waals surface area (Å²) in [5.74, 6) is 3.19. The van der Waals surface area contributed by atoms with Gasteiger partial charge >= 0.3 is 0 Å². The molecule has 5 nitrogen and oxygen atoms in total. The van der Waals surface area contributed by atoms with Gasteiger partial charge in [-0.15, -0.1) is 0 Å². The minimum atomic E-state index is 0.868. The molecule has 1 aliphatic rings. The Balaban J connectivity index is 1.81. The van der Waals surface area contributed by atoms with Crippen LogP contribution in [0, 0.1) is 0 Å². The van der Waals surface area contributed by atoms with Crippen molar-refractivity contribution in [3.8, 4) is 11.3 Å². The third-order valence-electron chi connectivity index (χ3n) is 4.04. The third kappa shape index (κ3) is 3.07. The second-order valence-corrected chi connectivity index (χ2v) is 7.44. The van der Waals surface area contributed by atoms with Crippen molar-refractivity contribution < 1.29 is 0 Å². The van der Waals surface area contributed by atoms with E-state index < -0.39 is 0 Å². The first-order valence-corrected chi connectivity index (χ1v) is 9.80. The van der Waals surface area contributed by atoms with Gasteiger partial charge in [-0.2, -0.15) is 11.8 Å². The van der Waals surface area contributed by atoms with E-state index in [4.69, 9.17) is 10.1 Å². The Bertz CT molecular complexity index is 864. The summed E-state index contributed by atoms with van der Waals surface area (Å²) in [6, 6.07) is 12.1. The van der Waals surface area contributed by atoms with Gasteiger partial charge in [-0.25, -0.2) is 15.0 Å². The standard InChI is InChI=1S/C17H17N5S2/c18-24-13-3-1-2-12(10-13)14-4-5-15-16(21-14)17(20-11-19-15)22-6-8-23-9-7-22/h1-5,10-11H,6-9,18H2. The number of thioether (sulfide) groups is 1. The Hall–Kier alpha value is -1.83. The third-order valence-corrected chi connectivity index (χ3v) is 5.51. The second kappa shape index (κ2) is 6.96. The quantitative estimate of drug-likeness (QED) is 0.724. The molecule has 3 heterocycles. The van der Waals surface area contributed by atoms with Gasteiger partial charge in [0.05, 0.1) is 11.2 Å². The lowest BCUT2D eigenvalue weighted by Gasteiger charge is -2.27. The van der Waals surface area contributed by atoms with Gasteiger partial charge in [0.1, 0.15) is 11.8 Å². The molecule has 0 atom stereocenters. The van der Waals surface area contributed by atoms with Crippen LogP contribution in [0.25, 0.3) is 22.3 Å². The molecule has 4 rings (SSSR count). The van der Waals surface area contributed by atoms with Crippen LogP contribution in [0.1, 0.15) is 0 Å².